The molecule has 1 unspecified atom stereocenters. The fraction of sp³-hybridized carbons (Fsp3) is 0.500. The van der Waals surface area contributed by atoms with Crippen LogP contribution >= 0.6 is 0 Å². The zero-order valence-electron chi connectivity index (χ0n) is 12.2. The quantitative estimate of drug-likeness (QED) is 0.877. The summed E-state index contributed by atoms with van der Waals surface area (Å²) in [6, 6.07) is 1.75. The van der Waals surface area contributed by atoms with E-state index < -0.39 is 29.3 Å². The van der Waals surface area contributed by atoms with Gasteiger partial charge in [-0.15, -0.1) is 0 Å². The molecule has 9 heteroatoms. The Hall–Kier alpha value is -2.16. The molecule has 1 fully saturated rings. The van der Waals surface area contributed by atoms with Crippen LogP contribution in [0.15, 0.2) is 12.1 Å². The second kappa shape index (κ2) is 6.15. The number of carbonyl (C=O) groups excluding carboxylic acids is 1. The number of pyridine rings is 1. The van der Waals surface area contributed by atoms with E-state index in [4.69, 9.17) is 9.84 Å². The van der Waals surface area contributed by atoms with Crippen molar-refractivity contribution in [1.29, 1.82) is 0 Å². The zero-order chi connectivity index (χ0) is 17.3. The van der Waals surface area contributed by atoms with E-state index in [2.05, 4.69) is 10.3 Å². The second-order valence-corrected chi connectivity index (χ2v) is 5.43. The highest BCUT2D eigenvalue weighted by Gasteiger charge is 2.39. The van der Waals surface area contributed by atoms with Gasteiger partial charge >= 0.3 is 12.1 Å². The largest absolute Gasteiger partial charge is 0.481 e. The number of halogens is 3. The number of amides is 1. The monoisotopic (exact) mass is 332 g/mol. The zero-order valence-corrected chi connectivity index (χ0v) is 12.2. The molecule has 0 spiro atoms. The minimum absolute atomic E-state index is 0.0327. The first kappa shape index (κ1) is 17.2. The molecule has 2 heterocycles. The summed E-state index contributed by atoms with van der Waals surface area (Å²) in [7, 11) is 0. The Morgan fingerprint density at radius 3 is 2.61 bits per heavy atom. The number of carboxylic acid groups (broad SMARTS) is 1. The number of hydrogen-bond acceptors (Lipinski definition) is 4. The van der Waals surface area contributed by atoms with E-state index in [0.717, 1.165) is 12.1 Å². The Morgan fingerprint density at radius 2 is 2.13 bits per heavy atom. The van der Waals surface area contributed by atoms with Crippen molar-refractivity contribution in [3.63, 3.8) is 0 Å². The van der Waals surface area contributed by atoms with Gasteiger partial charge in [0.15, 0.2) is 0 Å². The predicted octanol–water partition coefficient (Wildman–Crippen LogP) is 1.77. The van der Waals surface area contributed by atoms with Gasteiger partial charge in [0, 0.05) is 6.61 Å². The molecular weight excluding hydrogens is 317 g/mol. The molecule has 0 saturated carbocycles. The first-order valence-corrected chi connectivity index (χ1v) is 6.80. The second-order valence-electron chi connectivity index (χ2n) is 5.43. The van der Waals surface area contributed by atoms with Crippen molar-refractivity contribution in [2.45, 2.75) is 31.5 Å². The molecule has 1 aromatic rings. The molecule has 1 aliphatic rings. The van der Waals surface area contributed by atoms with Crippen LogP contribution in [-0.2, 0) is 15.7 Å². The molecule has 1 saturated heterocycles. The third-order valence-electron chi connectivity index (χ3n) is 3.59. The molecule has 0 aliphatic carbocycles. The number of alkyl halides is 3. The van der Waals surface area contributed by atoms with Gasteiger partial charge in [-0.2, -0.15) is 13.2 Å². The van der Waals surface area contributed by atoms with Crippen molar-refractivity contribution in [3.8, 4) is 0 Å². The van der Waals surface area contributed by atoms with Gasteiger partial charge in [0.25, 0.3) is 5.91 Å². The van der Waals surface area contributed by atoms with Gasteiger partial charge in [-0.05, 0) is 25.5 Å². The van der Waals surface area contributed by atoms with E-state index in [0.29, 0.717) is 13.0 Å². The van der Waals surface area contributed by atoms with Crippen LogP contribution in [0.25, 0.3) is 0 Å². The third kappa shape index (κ3) is 3.98. The number of carbonyl (C=O) groups is 2. The SMILES string of the molecule is Cc1nc(C(F)(F)F)ccc1C(=O)NC1(CC(=O)O)CCOC1. The van der Waals surface area contributed by atoms with Crippen molar-refractivity contribution < 1.29 is 32.6 Å². The number of nitrogens with one attached hydrogen (secondary N) is 1. The number of ether oxygens (including phenoxy) is 1. The van der Waals surface area contributed by atoms with Crippen LogP contribution in [0.3, 0.4) is 0 Å². The van der Waals surface area contributed by atoms with E-state index in [1.54, 1.807) is 0 Å². The molecule has 0 bridgehead atoms. The highest BCUT2D eigenvalue weighted by Crippen LogP contribution is 2.28. The molecule has 6 nitrogen and oxygen atoms in total. The average molecular weight is 332 g/mol. The summed E-state index contributed by atoms with van der Waals surface area (Å²) in [5.41, 5.74) is -2.26. The molecule has 2 rings (SSSR count). The Balaban J connectivity index is 2.21. The molecule has 0 radical (unpaired) electrons. The molecule has 1 aromatic heterocycles. The van der Waals surface area contributed by atoms with Gasteiger partial charge in [-0.1, -0.05) is 0 Å². The lowest BCUT2D eigenvalue weighted by atomic mass is 9.93. The third-order valence-corrected chi connectivity index (χ3v) is 3.59. The lowest BCUT2D eigenvalue weighted by Gasteiger charge is -2.27. The van der Waals surface area contributed by atoms with Crippen LogP contribution in [0.1, 0.15) is 34.6 Å². The number of aryl methyl sites for hydroxylation is 1. The first-order valence-electron chi connectivity index (χ1n) is 6.80. The van der Waals surface area contributed by atoms with Crippen molar-refractivity contribution in [3.05, 3.63) is 29.1 Å². The van der Waals surface area contributed by atoms with Crippen LogP contribution in [0, 0.1) is 6.92 Å². The van der Waals surface area contributed by atoms with Gasteiger partial charge < -0.3 is 15.2 Å². The van der Waals surface area contributed by atoms with Crippen LogP contribution in [0.5, 0.6) is 0 Å². The summed E-state index contributed by atoms with van der Waals surface area (Å²) in [4.78, 5) is 26.6. The number of aliphatic carboxylic acids is 1. The molecular formula is C14H15F3N2O4. The normalized spacial score (nSPS) is 21.2. The first-order chi connectivity index (χ1) is 10.6. The Bertz CT molecular complexity index is 625. The van der Waals surface area contributed by atoms with E-state index in [1.807, 2.05) is 0 Å². The van der Waals surface area contributed by atoms with Gasteiger partial charge in [-0.25, -0.2) is 4.98 Å². The van der Waals surface area contributed by atoms with Gasteiger partial charge in [0.1, 0.15) is 5.69 Å². The number of rotatable bonds is 4. The van der Waals surface area contributed by atoms with Gasteiger partial charge in [0.2, 0.25) is 0 Å². The van der Waals surface area contributed by atoms with Gasteiger partial charge in [0.05, 0.1) is 29.8 Å². The Kier molecular flexibility index (Phi) is 4.60. The predicted molar refractivity (Wildman–Crippen MR) is 71.9 cm³/mol. The lowest BCUT2D eigenvalue weighted by Crippen LogP contribution is -2.50. The topological polar surface area (TPSA) is 88.5 Å². The Morgan fingerprint density at radius 1 is 1.43 bits per heavy atom. The molecule has 1 amide bonds. The molecule has 23 heavy (non-hydrogen) atoms. The summed E-state index contributed by atoms with van der Waals surface area (Å²) in [5.74, 6) is -1.77. The molecule has 2 N–H and O–H groups in total. The summed E-state index contributed by atoms with van der Waals surface area (Å²) >= 11 is 0. The minimum Gasteiger partial charge on any atom is -0.481 e. The summed E-state index contributed by atoms with van der Waals surface area (Å²) in [5, 5.41) is 11.5. The summed E-state index contributed by atoms with van der Waals surface area (Å²) < 4.78 is 42.9. The molecule has 1 aliphatic heterocycles. The number of hydrogen-bond donors (Lipinski definition) is 2. The molecule has 126 valence electrons. The number of nitrogens with zero attached hydrogens (tertiary/aromatic N) is 1. The standard InChI is InChI=1S/C14H15F3N2O4/c1-8-9(2-3-10(18-8)14(15,16)17)12(22)19-13(6-11(20)21)4-5-23-7-13/h2-3H,4-7H2,1H3,(H,19,22)(H,20,21). The van der Waals surface area contributed by atoms with Crippen LogP contribution in [-0.4, -0.2) is 40.7 Å². The van der Waals surface area contributed by atoms with Crippen LogP contribution in [0.2, 0.25) is 0 Å². The number of aromatic nitrogens is 1. The maximum Gasteiger partial charge on any atom is 0.433 e. The van der Waals surface area contributed by atoms with E-state index >= 15 is 0 Å². The van der Waals surface area contributed by atoms with E-state index in [-0.39, 0.29) is 24.3 Å². The highest BCUT2D eigenvalue weighted by molar-refractivity contribution is 5.96. The van der Waals surface area contributed by atoms with Crippen LogP contribution < -0.4 is 5.32 Å². The summed E-state index contributed by atoms with van der Waals surface area (Å²) in [6.45, 7) is 1.63. The van der Waals surface area contributed by atoms with Gasteiger partial charge in [-0.3, -0.25) is 9.59 Å². The minimum atomic E-state index is -4.59. The smallest absolute Gasteiger partial charge is 0.433 e. The lowest BCUT2D eigenvalue weighted by molar-refractivity contribution is -0.141. The highest BCUT2D eigenvalue weighted by atomic mass is 19.4. The maximum atomic E-state index is 12.6. The van der Waals surface area contributed by atoms with Crippen molar-refractivity contribution in [1.82, 2.24) is 10.3 Å². The van der Waals surface area contributed by atoms with E-state index in [1.165, 1.54) is 6.92 Å². The molecule has 1 atom stereocenters. The fourth-order valence-electron chi connectivity index (χ4n) is 2.45. The van der Waals surface area contributed by atoms with Crippen molar-refractivity contribution >= 4 is 11.9 Å². The molecule has 0 aromatic carbocycles. The van der Waals surface area contributed by atoms with Crippen LogP contribution in [0.4, 0.5) is 13.2 Å². The summed E-state index contributed by atoms with van der Waals surface area (Å²) in [6.07, 6.45) is -4.60. The average Bonchev–Trinajstić information content (AvgIpc) is 2.84. The van der Waals surface area contributed by atoms with Crippen molar-refractivity contribution in [2.75, 3.05) is 13.2 Å². The van der Waals surface area contributed by atoms with Crippen molar-refractivity contribution in [2.24, 2.45) is 0 Å². The van der Waals surface area contributed by atoms with E-state index in [9.17, 15) is 22.8 Å². The maximum absolute atomic E-state index is 12.6. The fourth-order valence-corrected chi connectivity index (χ4v) is 2.45. The number of carboxylic acids is 1. The Labute approximate surface area is 129 Å².